The van der Waals surface area contributed by atoms with E-state index in [2.05, 4.69) is 34.9 Å². The molecule has 1 fully saturated rings. The third-order valence-electron chi connectivity index (χ3n) is 7.55. The lowest BCUT2D eigenvalue weighted by Crippen LogP contribution is -2.46. The van der Waals surface area contributed by atoms with Gasteiger partial charge in [-0.3, -0.25) is 4.79 Å². The molecule has 2 aromatic carbocycles. The predicted octanol–water partition coefficient (Wildman–Crippen LogP) is 4.70. The van der Waals surface area contributed by atoms with Crippen LogP contribution in [0.4, 0.5) is 4.79 Å². The van der Waals surface area contributed by atoms with Crippen LogP contribution in [-0.4, -0.2) is 41.8 Å². The van der Waals surface area contributed by atoms with Crippen LogP contribution < -0.4 is 10.6 Å². The van der Waals surface area contributed by atoms with E-state index in [-0.39, 0.29) is 42.7 Å². The summed E-state index contributed by atoms with van der Waals surface area (Å²) in [5, 5.41) is 15.1. The minimum absolute atomic E-state index is 0.00758. The zero-order chi connectivity index (χ0) is 24.9. The van der Waals surface area contributed by atoms with E-state index in [0.29, 0.717) is 6.42 Å². The summed E-state index contributed by atoms with van der Waals surface area (Å²) < 4.78 is 5.67. The van der Waals surface area contributed by atoms with E-state index < -0.39 is 18.1 Å². The molecule has 1 saturated carbocycles. The fourth-order valence-electron chi connectivity index (χ4n) is 5.42. The zero-order valence-corrected chi connectivity index (χ0v) is 20.3. The van der Waals surface area contributed by atoms with Gasteiger partial charge < -0.3 is 20.5 Å². The molecule has 0 bridgehead atoms. The maximum absolute atomic E-state index is 12.7. The van der Waals surface area contributed by atoms with E-state index in [4.69, 9.17) is 4.74 Å². The van der Waals surface area contributed by atoms with Gasteiger partial charge in [0.1, 0.15) is 12.6 Å². The highest BCUT2D eigenvalue weighted by Gasteiger charge is 2.34. The second-order valence-corrected chi connectivity index (χ2v) is 9.74. The Morgan fingerprint density at radius 2 is 1.66 bits per heavy atom. The number of hydrogen-bond acceptors (Lipinski definition) is 4. The van der Waals surface area contributed by atoms with E-state index in [1.807, 2.05) is 38.1 Å². The molecule has 0 radical (unpaired) electrons. The second-order valence-electron chi connectivity index (χ2n) is 9.74. The Morgan fingerprint density at radius 3 is 2.26 bits per heavy atom. The van der Waals surface area contributed by atoms with Crippen LogP contribution in [0.5, 0.6) is 0 Å². The van der Waals surface area contributed by atoms with E-state index in [0.717, 1.165) is 30.4 Å². The quantitative estimate of drug-likeness (QED) is 0.485. The molecule has 3 N–H and O–H groups in total. The maximum Gasteiger partial charge on any atom is 0.407 e. The average molecular weight is 479 g/mol. The van der Waals surface area contributed by atoms with Gasteiger partial charge in [-0.15, -0.1) is 0 Å². The zero-order valence-electron chi connectivity index (χ0n) is 20.3. The van der Waals surface area contributed by atoms with Crippen molar-refractivity contribution in [1.82, 2.24) is 10.6 Å². The van der Waals surface area contributed by atoms with Gasteiger partial charge >= 0.3 is 12.1 Å². The van der Waals surface area contributed by atoms with E-state index in [9.17, 15) is 19.5 Å². The Kier molecular flexibility index (Phi) is 7.73. The molecule has 7 nitrogen and oxygen atoms in total. The van der Waals surface area contributed by atoms with Crippen LogP contribution in [-0.2, 0) is 14.3 Å². The van der Waals surface area contributed by atoms with Gasteiger partial charge in [-0.1, -0.05) is 75.2 Å². The first-order valence-electron chi connectivity index (χ1n) is 12.5. The molecule has 2 unspecified atom stereocenters. The third kappa shape index (κ3) is 5.50. The van der Waals surface area contributed by atoms with Crippen LogP contribution in [0.1, 0.15) is 63.0 Å². The van der Waals surface area contributed by atoms with E-state index in [1.54, 1.807) is 0 Å². The topological polar surface area (TPSA) is 105 Å². The van der Waals surface area contributed by atoms with Gasteiger partial charge in [0, 0.05) is 18.4 Å². The number of carboxylic acid groups (broad SMARTS) is 1. The van der Waals surface area contributed by atoms with Gasteiger partial charge in [0.15, 0.2) is 0 Å². The Hall–Kier alpha value is -3.35. The number of carbonyl (C=O) groups excluding carboxylic acids is 2. The van der Waals surface area contributed by atoms with Crippen molar-refractivity contribution in [2.45, 2.75) is 64.0 Å². The molecule has 35 heavy (non-hydrogen) atoms. The largest absolute Gasteiger partial charge is 0.480 e. The molecular weight excluding hydrogens is 444 g/mol. The summed E-state index contributed by atoms with van der Waals surface area (Å²) in [6, 6.07) is 15.3. The fourth-order valence-corrected chi connectivity index (χ4v) is 5.42. The van der Waals surface area contributed by atoms with Crippen molar-refractivity contribution in [3.63, 3.8) is 0 Å². The molecule has 2 aliphatic carbocycles. The van der Waals surface area contributed by atoms with Gasteiger partial charge in [0.25, 0.3) is 0 Å². The summed E-state index contributed by atoms with van der Waals surface area (Å²) in [5.74, 6) is -1.51. The van der Waals surface area contributed by atoms with Crippen molar-refractivity contribution in [2.75, 3.05) is 6.61 Å². The Labute approximate surface area is 206 Å². The number of rotatable bonds is 9. The summed E-state index contributed by atoms with van der Waals surface area (Å²) in [7, 11) is 0. The molecule has 2 aliphatic rings. The van der Waals surface area contributed by atoms with Crippen molar-refractivity contribution >= 4 is 18.0 Å². The molecular formula is C28H34N2O5. The lowest BCUT2D eigenvalue weighted by atomic mass is 9.96. The first-order chi connectivity index (χ1) is 16.9. The van der Waals surface area contributed by atoms with Crippen molar-refractivity contribution in [1.29, 1.82) is 0 Å². The summed E-state index contributed by atoms with van der Waals surface area (Å²) in [6.07, 6.45) is 2.85. The number of hydrogen-bond donors (Lipinski definition) is 3. The number of carbonyl (C=O) groups is 3. The van der Waals surface area contributed by atoms with Gasteiger partial charge in [0.2, 0.25) is 5.91 Å². The average Bonchev–Trinajstić information content (AvgIpc) is 3.42. The number of ether oxygens (including phenoxy) is 1. The number of aliphatic carboxylic acids is 1. The highest BCUT2D eigenvalue weighted by Crippen LogP contribution is 2.44. The van der Waals surface area contributed by atoms with Crippen LogP contribution in [0.15, 0.2) is 48.5 Å². The first-order valence-corrected chi connectivity index (χ1v) is 12.5. The number of benzene rings is 2. The molecule has 4 atom stereocenters. The van der Waals surface area contributed by atoms with Gasteiger partial charge in [-0.25, -0.2) is 9.59 Å². The summed E-state index contributed by atoms with van der Waals surface area (Å²) in [4.78, 5) is 36.8. The number of amides is 2. The van der Waals surface area contributed by atoms with Crippen LogP contribution in [0, 0.1) is 11.8 Å². The Balaban J connectivity index is 1.32. The summed E-state index contributed by atoms with van der Waals surface area (Å²) in [5.41, 5.74) is 4.67. The van der Waals surface area contributed by atoms with Crippen LogP contribution in [0.2, 0.25) is 0 Å². The van der Waals surface area contributed by atoms with Gasteiger partial charge in [0.05, 0.1) is 0 Å². The van der Waals surface area contributed by atoms with Crippen LogP contribution >= 0.6 is 0 Å². The molecule has 0 aromatic heterocycles. The molecule has 7 heteroatoms. The molecule has 186 valence electrons. The molecule has 0 saturated heterocycles. The summed E-state index contributed by atoms with van der Waals surface area (Å²) >= 11 is 0. The first kappa shape index (κ1) is 24.8. The molecule has 4 rings (SSSR count). The van der Waals surface area contributed by atoms with E-state index in [1.165, 1.54) is 11.1 Å². The van der Waals surface area contributed by atoms with Crippen molar-refractivity contribution in [3.05, 3.63) is 59.7 Å². The third-order valence-corrected chi connectivity index (χ3v) is 7.55. The normalized spacial score (nSPS) is 20.4. The number of fused-ring (bicyclic) bond motifs is 3. The Bertz CT molecular complexity index is 1040. The van der Waals surface area contributed by atoms with Crippen LogP contribution in [0.25, 0.3) is 11.1 Å². The standard InChI is InChI=1S/C28H34N2O5/c1-3-17(2)26(27(32)33)30-25(31)15-18-9-8-14-24(18)29-28(34)35-16-23-21-12-6-4-10-19(21)20-11-5-7-13-22(20)23/h4-7,10-13,17-18,23-24,26H,3,8-9,14-16H2,1-2H3,(H,29,34)(H,30,31)(H,32,33)/t17-,18?,24?,26-/m0/s1. The SMILES string of the molecule is CC[C@H](C)[C@H](NC(=O)CC1CCCC1NC(=O)OCC1c2ccccc2-c2ccccc21)C(=O)O. The lowest BCUT2D eigenvalue weighted by molar-refractivity contribution is -0.143. The number of carboxylic acids is 1. The van der Waals surface area contributed by atoms with E-state index >= 15 is 0 Å². The van der Waals surface area contributed by atoms with Gasteiger partial charge in [-0.2, -0.15) is 0 Å². The number of nitrogens with one attached hydrogen (secondary N) is 2. The van der Waals surface area contributed by atoms with Crippen LogP contribution in [0.3, 0.4) is 0 Å². The molecule has 2 amide bonds. The fraction of sp³-hybridized carbons (Fsp3) is 0.464. The lowest BCUT2D eigenvalue weighted by Gasteiger charge is -2.24. The summed E-state index contributed by atoms with van der Waals surface area (Å²) in [6.45, 7) is 3.96. The maximum atomic E-state index is 12.7. The predicted molar refractivity (Wildman–Crippen MR) is 133 cm³/mol. The van der Waals surface area contributed by atoms with Crippen molar-refractivity contribution in [3.8, 4) is 11.1 Å². The van der Waals surface area contributed by atoms with Crippen molar-refractivity contribution < 1.29 is 24.2 Å². The molecule has 0 heterocycles. The van der Waals surface area contributed by atoms with Crippen molar-refractivity contribution in [2.24, 2.45) is 11.8 Å². The number of alkyl carbamates (subject to hydrolysis) is 1. The minimum Gasteiger partial charge on any atom is -0.480 e. The highest BCUT2D eigenvalue weighted by molar-refractivity contribution is 5.84. The molecule has 2 aromatic rings. The smallest absolute Gasteiger partial charge is 0.407 e. The molecule has 0 aliphatic heterocycles. The second kappa shape index (κ2) is 10.9. The monoisotopic (exact) mass is 478 g/mol. The van der Waals surface area contributed by atoms with Gasteiger partial charge in [-0.05, 0) is 46.9 Å². The Morgan fingerprint density at radius 1 is 1.03 bits per heavy atom. The highest BCUT2D eigenvalue weighted by atomic mass is 16.5. The minimum atomic E-state index is -1.02. The molecule has 0 spiro atoms.